The number of urea groups is 1. The Labute approximate surface area is 161 Å². The first-order chi connectivity index (χ1) is 12.9. The molecule has 0 bridgehead atoms. The number of carbonyl (C=O) groups excluding carboxylic acids is 1. The van der Waals surface area contributed by atoms with E-state index in [1.807, 2.05) is 49.9 Å². The van der Waals surface area contributed by atoms with E-state index in [9.17, 15) is 9.59 Å². The molecule has 0 aliphatic heterocycles. The zero-order valence-electron chi connectivity index (χ0n) is 16.6. The van der Waals surface area contributed by atoms with E-state index in [2.05, 4.69) is 5.32 Å². The zero-order chi connectivity index (χ0) is 20.0. The molecule has 1 atom stereocenters. The van der Waals surface area contributed by atoms with E-state index in [4.69, 9.17) is 9.84 Å². The summed E-state index contributed by atoms with van der Waals surface area (Å²) >= 11 is 0. The maximum atomic E-state index is 12.7. The summed E-state index contributed by atoms with van der Waals surface area (Å²) in [5.74, 6) is -0.0376. The van der Waals surface area contributed by atoms with Crippen LogP contribution in [0, 0.1) is 0 Å². The Balaban J connectivity index is 1.91. The summed E-state index contributed by atoms with van der Waals surface area (Å²) in [4.78, 5) is 27.4. The number of carbonyl (C=O) groups is 2. The number of benzene rings is 1. The number of methoxy groups -OCH3 is 1. The number of aliphatic carboxylic acids is 1. The van der Waals surface area contributed by atoms with E-state index in [0.717, 1.165) is 24.2 Å². The number of amides is 2. The van der Waals surface area contributed by atoms with Crippen molar-refractivity contribution in [2.75, 3.05) is 26.7 Å². The molecule has 1 aromatic rings. The van der Waals surface area contributed by atoms with E-state index in [0.29, 0.717) is 13.1 Å². The van der Waals surface area contributed by atoms with Gasteiger partial charge >= 0.3 is 12.0 Å². The van der Waals surface area contributed by atoms with Crippen molar-refractivity contribution in [2.24, 2.45) is 0 Å². The monoisotopic (exact) mass is 377 g/mol. The van der Waals surface area contributed by atoms with Crippen LogP contribution in [-0.4, -0.2) is 65.7 Å². The van der Waals surface area contributed by atoms with Crippen molar-refractivity contribution in [3.63, 3.8) is 0 Å². The summed E-state index contributed by atoms with van der Waals surface area (Å²) in [6.45, 7) is 7.28. The first-order valence-electron chi connectivity index (χ1n) is 9.56. The summed E-state index contributed by atoms with van der Waals surface area (Å²) in [5.41, 5.74) is 1.02. The molecule has 0 heterocycles. The van der Waals surface area contributed by atoms with E-state index in [1.54, 1.807) is 12.0 Å². The normalized spacial score (nSPS) is 19.9. The Morgan fingerprint density at radius 1 is 1.30 bits per heavy atom. The molecule has 0 aromatic heterocycles. The molecular weight excluding hydrogens is 346 g/mol. The lowest BCUT2D eigenvalue weighted by atomic mass is 9.85. The standard InChI is InChI=1S/C20H31N3O4/c1-5-22(13-19(24)25)17-11-16(12-17)21-20(26)23(6-2)14(3)15-8-7-9-18(10-15)27-4/h7-10,14,16-17H,5-6,11-13H2,1-4H3,(H,21,26)(H,24,25). The quantitative estimate of drug-likeness (QED) is 0.691. The molecule has 2 rings (SSSR count). The second-order valence-electron chi connectivity index (χ2n) is 6.97. The fourth-order valence-corrected chi connectivity index (χ4v) is 3.61. The molecule has 0 saturated heterocycles. The van der Waals surface area contributed by atoms with Crippen LogP contribution in [0.3, 0.4) is 0 Å². The minimum Gasteiger partial charge on any atom is -0.497 e. The van der Waals surface area contributed by atoms with Crippen LogP contribution in [-0.2, 0) is 4.79 Å². The van der Waals surface area contributed by atoms with Gasteiger partial charge in [0.25, 0.3) is 0 Å². The van der Waals surface area contributed by atoms with Gasteiger partial charge in [0.1, 0.15) is 5.75 Å². The number of hydrogen-bond acceptors (Lipinski definition) is 4. The third-order valence-electron chi connectivity index (χ3n) is 5.35. The van der Waals surface area contributed by atoms with E-state index in [1.165, 1.54) is 0 Å². The number of carboxylic acids is 1. The molecule has 0 radical (unpaired) electrons. The molecule has 1 aromatic carbocycles. The van der Waals surface area contributed by atoms with Gasteiger partial charge in [0.15, 0.2) is 0 Å². The second kappa shape index (κ2) is 9.60. The molecule has 2 N–H and O–H groups in total. The van der Waals surface area contributed by atoms with Gasteiger partial charge in [-0.05, 0) is 50.9 Å². The molecule has 0 spiro atoms. The van der Waals surface area contributed by atoms with E-state index >= 15 is 0 Å². The van der Waals surface area contributed by atoms with Crippen molar-refractivity contribution in [3.8, 4) is 5.75 Å². The fourth-order valence-electron chi connectivity index (χ4n) is 3.61. The third-order valence-corrected chi connectivity index (χ3v) is 5.35. The summed E-state index contributed by atoms with van der Waals surface area (Å²) in [6.07, 6.45) is 1.58. The van der Waals surface area contributed by atoms with Crippen LogP contribution < -0.4 is 10.1 Å². The average molecular weight is 377 g/mol. The maximum absolute atomic E-state index is 12.7. The largest absolute Gasteiger partial charge is 0.497 e. The van der Waals surface area contributed by atoms with Gasteiger partial charge in [-0.3, -0.25) is 9.69 Å². The highest BCUT2D eigenvalue weighted by molar-refractivity contribution is 5.75. The van der Waals surface area contributed by atoms with Crippen molar-refractivity contribution in [2.45, 2.75) is 51.7 Å². The summed E-state index contributed by atoms with van der Waals surface area (Å²) < 4.78 is 5.28. The molecule has 1 fully saturated rings. The zero-order valence-corrected chi connectivity index (χ0v) is 16.6. The Kier molecular flexibility index (Phi) is 7.47. The van der Waals surface area contributed by atoms with Gasteiger partial charge in [-0.1, -0.05) is 19.1 Å². The smallest absolute Gasteiger partial charge is 0.318 e. The molecule has 1 aliphatic carbocycles. The molecule has 27 heavy (non-hydrogen) atoms. The van der Waals surface area contributed by atoms with Crippen LogP contribution in [0.15, 0.2) is 24.3 Å². The number of ether oxygens (including phenoxy) is 1. The predicted octanol–water partition coefficient (Wildman–Crippen LogP) is 2.73. The lowest BCUT2D eigenvalue weighted by Gasteiger charge is -2.43. The van der Waals surface area contributed by atoms with Gasteiger partial charge in [-0.15, -0.1) is 0 Å². The van der Waals surface area contributed by atoms with Gasteiger partial charge < -0.3 is 20.1 Å². The minimum atomic E-state index is -0.811. The van der Waals surface area contributed by atoms with Gasteiger partial charge in [0.2, 0.25) is 0 Å². The summed E-state index contributed by atoms with van der Waals surface area (Å²) in [5, 5.41) is 12.1. The second-order valence-corrected chi connectivity index (χ2v) is 6.97. The fraction of sp³-hybridized carbons (Fsp3) is 0.600. The SMILES string of the molecule is CCN(CC(=O)O)C1CC(NC(=O)N(CC)C(C)c2cccc(OC)c2)C1. The Bertz CT molecular complexity index is 646. The molecule has 2 amide bonds. The molecule has 150 valence electrons. The van der Waals surface area contributed by atoms with Crippen molar-refractivity contribution >= 4 is 12.0 Å². The summed E-state index contributed by atoms with van der Waals surface area (Å²) in [7, 11) is 1.63. The van der Waals surface area contributed by atoms with Gasteiger partial charge in [0.05, 0.1) is 19.7 Å². The van der Waals surface area contributed by atoms with Crippen molar-refractivity contribution in [1.29, 1.82) is 0 Å². The number of rotatable bonds is 9. The van der Waals surface area contributed by atoms with Crippen LogP contribution >= 0.6 is 0 Å². The van der Waals surface area contributed by atoms with Crippen molar-refractivity contribution in [3.05, 3.63) is 29.8 Å². The Morgan fingerprint density at radius 2 is 2.00 bits per heavy atom. The molecule has 1 aliphatic rings. The minimum absolute atomic E-state index is 0.0514. The summed E-state index contributed by atoms with van der Waals surface area (Å²) in [6, 6.07) is 7.92. The van der Waals surface area contributed by atoms with Crippen LogP contribution in [0.25, 0.3) is 0 Å². The van der Waals surface area contributed by atoms with E-state index < -0.39 is 5.97 Å². The van der Waals surface area contributed by atoms with Crippen molar-refractivity contribution in [1.82, 2.24) is 15.1 Å². The van der Waals surface area contributed by atoms with Crippen LogP contribution in [0.4, 0.5) is 4.79 Å². The molecule has 1 unspecified atom stereocenters. The topological polar surface area (TPSA) is 82.1 Å². The number of nitrogens with zero attached hydrogens (tertiary/aromatic N) is 2. The molecule has 7 nitrogen and oxygen atoms in total. The molecule has 1 saturated carbocycles. The lowest BCUT2D eigenvalue weighted by molar-refractivity contribution is -0.139. The van der Waals surface area contributed by atoms with Gasteiger partial charge in [0, 0.05) is 18.6 Å². The average Bonchev–Trinajstić information content (AvgIpc) is 2.63. The van der Waals surface area contributed by atoms with Crippen molar-refractivity contribution < 1.29 is 19.4 Å². The van der Waals surface area contributed by atoms with Gasteiger partial charge in [-0.2, -0.15) is 0 Å². The highest BCUT2D eigenvalue weighted by Crippen LogP contribution is 2.27. The Morgan fingerprint density at radius 3 is 2.56 bits per heavy atom. The van der Waals surface area contributed by atoms with E-state index in [-0.39, 0.29) is 30.7 Å². The molecular formula is C20H31N3O4. The van der Waals surface area contributed by atoms with Crippen LogP contribution in [0.1, 0.15) is 45.2 Å². The number of nitrogens with one attached hydrogen (secondary N) is 1. The molecule has 7 heteroatoms. The highest BCUT2D eigenvalue weighted by atomic mass is 16.5. The van der Waals surface area contributed by atoms with Gasteiger partial charge in [-0.25, -0.2) is 4.79 Å². The number of carboxylic acid groups (broad SMARTS) is 1. The highest BCUT2D eigenvalue weighted by Gasteiger charge is 2.35. The van der Waals surface area contributed by atoms with Crippen LogP contribution in [0.5, 0.6) is 5.75 Å². The van der Waals surface area contributed by atoms with Crippen LogP contribution in [0.2, 0.25) is 0 Å². The number of hydrogen-bond donors (Lipinski definition) is 2. The Hall–Kier alpha value is -2.28. The maximum Gasteiger partial charge on any atom is 0.318 e. The first-order valence-corrected chi connectivity index (χ1v) is 9.56. The first kappa shape index (κ1) is 21.0. The predicted molar refractivity (Wildman–Crippen MR) is 104 cm³/mol. The number of likely N-dealkylation sites (N-methyl/N-ethyl adjacent to an activating group) is 1. The third kappa shape index (κ3) is 5.35. The lowest BCUT2D eigenvalue weighted by Crippen LogP contribution is -2.57.